The standard InChI is InChI=1S/C11H13Cl.CH2O3/c1-11(2)7-10(11)8-3-5-9(12)6-4-8;2-1(3)4/h3-6,10H,7H2,1-2H3;(H2,2,3,4). The first-order chi connectivity index (χ1) is 7.33. The molecule has 0 saturated heterocycles. The second-order valence-electron chi connectivity index (χ2n) is 4.58. The Bertz CT molecular complexity index is 366. The summed E-state index contributed by atoms with van der Waals surface area (Å²) in [5, 5.41) is 14.8. The highest BCUT2D eigenvalue weighted by atomic mass is 35.5. The van der Waals surface area contributed by atoms with E-state index in [1.165, 1.54) is 12.0 Å². The monoisotopic (exact) mass is 242 g/mol. The van der Waals surface area contributed by atoms with Gasteiger partial charge in [-0.05, 0) is 35.4 Å². The van der Waals surface area contributed by atoms with Crippen molar-refractivity contribution in [3.63, 3.8) is 0 Å². The Morgan fingerprint density at radius 2 is 1.69 bits per heavy atom. The average molecular weight is 243 g/mol. The summed E-state index contributed by atoms with van der Waals surface area (Å²) in [5.74, 6) is 0.759. The molecule has 0 amide bonds. The lowest BCUT2D eigenvalue weighted by Gasteiger charge is -2.02. The first-order valence-corrected chi connectivity index (χ1v) is 5.38. The molecule has 1 saturated carbocycles. The van der Waals surface area contributed by atoms with Gasteiger partial charge >= 0.3 is 6.16 Å². The van der Waals surface area contributed by atoms with Crippen molar-refractivity contribution in [3.8, 4) is 0 Å². The molecule has 0 aliphatic heterocycles. The predicted octanol–water partition coefficient (Wildman–Crippen LogP) is 4.08. The molecule has 1 atom stereocenters. The molecule has 1 unspecified atom stereocenters. The molecule has 3 nitrogen and oxygen atoms in total. The molecule has 1 aromatic rings. The minimum absolute atomic E-state index is 0.522. The summed E-state index contributed by atoms with van der Waals surface area (Å²) in [7, 11) is 0. The van der Waals surface area contributed by atoms with Crippen LogP contribution >= 0.6 is 11.6 Å². The van der Waals surface area contributed by atoms with E-state index in [1.54, 1.807) is 0 Å². The van der Waals surface area contributed by atoms with Gasteiger partial charge in [-0.15, -0.1) is 0 Å². The van der Waals surface area contributed by atoms with Crippen molar-refractivity contribution in [1.82, 2.24) is 0 Å². The van der Waals surface area contributed by atoms with E-state index in [-0.39, 0.29) is 0 Å². The summed E-state index contributed by atoms with van der Waals surface area (Å²) in [5.41, 5.74) is 1.96. The van der Waals surface area contributed by atoms with Gasteiger partial charge in [-0.3, -0.25) is 0 Å². The van der Waals surface area contributed by atoms with Crippen LogP contribution in [-0.4, -0.2) is 16.4 Å². The molecule has 0 aromatic heterocycles. The minimum atomic E-state index is -1.83. The fourth-order valence-corrected chi connectivity index (χ4v) is 1.86. The van der Waals surface area contributed by atoms with Gasteiger partial charge in [0.05, 0.1) is 0 Å². The lowest BCUT2D eigenvalue weighted by atomic mass is 10.0. The van der Waals surface area contributed by atoms with Gasteiger partial charge in [0, 0.05) is 5.02 Å². The molecule has 4 heteroatoms. The molecule has 2 N–H and O–H groups in total. The fraction of sp³-hybridized carbons (Fsp3) is 0.417. The van der Waals surface area contributed by atoms with Gasteiger partial charge in [0.2, 0.25) is 0 Å². The number of hydrogen-bond acceptors (Lipinski definition) is 1. The zero-order valence-electron chi connectivity index (χ0n) is 9.27. The maximum Gasteiger partial charge on any atom is 0.503 e. The number of hydrogen-bond donors (Lipinski definition) is 2. The van der Waals surface area contributed by atoms with Gasteiger partial charge < -0.3 is 10.2 Å². The van der Waals surface area contributed by atoms with Crippen LogP contribution < -0.4 is 0 Å². The average Bonchev–Trinajstić information content (AvgIpc) is 2.75. The zero-order valence-corrected chi connectivity index (χ0v) is 10.0. The van der Waals surface area contributed by atoms with Crippen LogP contribution in [0.15, 0.2) is 24.3 Å². The Balaban J connectivity index is 0.000000280. The Kier molecular flexibility index (Phi) is 3.81. The van der Waals surface area contributed by atoms with E-state index in [0.29, 0.717) is 5.41 Å². The minimum Gasteiger partial charge on any atom is -0.450 e. The van der Waals surface area contributed by atoms with Crippen molar-refractivity contribution in [2.75, 3.05) is 0 Å². The van der Waals surface area contributed by atoms with E-state index in [9.17, 15) is 0 Å². The topological polar surface area (TPSA) is 57.5 Å². The Labute approximate surface area is 99.7 Å². The molecular formula is C12H15ClO3. The van der Waals surface area contributed by atoms with E-state index >= 15 is 0 Å². The van der Waals surface area contributed by atoms with Crippen molar-refractivity contribution >= 4 is 17.8 Å². The van der Waals surface area contributed by atoms with Crippen LogP contribution in [0.3, 0.4) is 0 Å². The first kappa shape index (κ1) is 12.8. The molecule has 0 heterocycles. The molecule has 1 aliphatic rings. The molecule has 1 fully saturated rings. The molecule has 0 bridgehead atoms. The summed E-state index contributed by atoms with van der Waals surface area (Å²) < 4.78 is 0. The van der Waals surface area contributed by atoms with Crippen LogP contribution in [0.1, 0.15) is 31.7 Å². The third-order valence-corrected chi connectivity index (χ3v) is 3.04. The molecule has 1 aromatic carbocycles. The number of carbonyl (C=O) groups is 1. The highest BCUT2D eigenvalue weighted by molar-refractivity contribution is 6.30. The second-order valence-corrected chi connectivity index (χ2v) is 5.02. The van der Waals surface area contributed by atoms with Crippen LogP contribution in [0, 0.1) is 5.41 Å². The second kappa shape index (κ2) is 4.74. The molecule has 2 rings (SSSR count). The maximum absolute atomic E-state index is 8.56. The third kappa shape index (κ3) is 3.74. The van der Waals surface area contributed by atoms with Crippen LogP contribution in [0.5, 0.6) is 0 Å². The first-order valence-electron chi connectivity index (χ1n) is 5.00. The molecule has 0 radical (unpaired) electrons. The predicted molar refractivity (Wildman–Crippen MR) is 63.2 cm³/mol. The summed E-state index contributed by atoms with van der Waals surface area (Å²) in [6, 6.07) is 8.24. The summed E-state index contributed by atoms with van der Waals surface area (Å²) >= 11 is 5.81. The van der Waals surface area contributed by atoms with Crippen molar-refractivity contribution < 1.29 is 15.0 Å². The lowest BCUT2D eigenvalue weighted by Crippen LogP contribution is -1.88. The molecule has 1 aliphatic carbocycles. The van der Waals surface area contributed by atoms with E-state index in [2.05, 4.69) is 26.0 Å². The van der Waals surface area contributed by atoms with Gasteiger partial charge in [-0.1, -0.05) is 37.6 Å². The quantitative estimate of drug-likeness (QED) is 0.780. The van der Waals surface area contributed by atoms with Gasteiger partial charge in [0.15, 0.2) is 0 Å². The van der Waals surface area contributed by atoms with Gasteiger partial charge in [-0.2, -0.15) is 0 Å². The van der Waals surface area contributed by atoms with Crippen LogP contribution in [0.4, 0.5) is 4.79 Å². The zero-order chi connectivity index (χ0) is 12.3. The van der Waals surface area contributed by atoms with Crippen LogP contribution in [0.25, 0.3) is 0 Å². The van der Waals surface area contributed by atoms with E-state index in [4.69, 9.17) is 26.6 Å². The molecule has 88 valence electrons. The number of carboxylic acid groups (broad SMARTS) is 2. The highest BCUT2D eigenvalue weighted by Crippen LogP contribution is 2.58. The van der Waals surface area contributed by atoms with Crippen molar-refractivity contribution in [1.29, 1.82) is 0 Å². The SMILES string of the molecule is CC1(C)CC1c1ccc(Cl)cc1.O=C(O)O. The van der Waals surface area contributed by atoms with Crippen molar-refractivity contribution in [2.45, 2.75) is 26.2 Å². The maximum atomic E-state index is 8.56. The van der Waals surface area contributed by atoms with Gasteiger partial charge in [0.1, 0.15) is 0 Å². The molecular weight excluding hydrogens is 228 g/mol. The number of halogens is 1. The third-order valence-electron chi connectivity index (χ3n) is 2.79. The summed E-state index contributed by atoms with van der Waals surface area (Å²) in [6.45, 7) is 4.62. The van der Waals surface area contributed by atoms with E-state index in [0.717, 1.165) is 10.9 Å². The summed E-state index contributed by atoms with van der Waals surface area (Å²) in [6.07, 6.45) is -0.519. The lowest BCUT2D eigenvalue weighted by molar-refractivity contribution is 0.137. The highest BCUT2D eigenvalue weighted by Gasteiger charge is 2.46. The Hall–Kier alpha value is -1.22. The largest absolute Gasteiger partial charge is 0.503 e. The normalized spacial score (nSPS) is 20.6. The number of benzene rings is 1. The van der Waals surface area contributed by atoms with Crippen molar-refractivity contribution in [2.24, 2.45) is 5.41 Å². The smallest absolute Gasteiger partial charge is 0.450 e. The van der Waals surface area contributed by atoms with E-state index < -0.39 is 6.16 Å². The van der Waals surface area contributed by atoms with Crippen LogP contribution in [0.2, 0.25) is 5.02 Å². The summed E-state index contributed by atoms with van der Waals surface area (Å²) in [4.78, 5) is 8.56. The van der Waals surface area contributed by atoms with Crippen LogP contribution in [-0.2, 0) is 0 Å². The fourth-order valence-electron chi connectivity index (χ4n) is 1.73. The van der Waals surface area contributed by atoms with Gasteiger partial charge in [-0.25, -0.2) is 4.79 Å². The van der Waals surface area contributed by atoms with Crippen molar-refractivity contribution in [3.05, 3.63) is 34.9 Å². The van der Waals surface area contributed by atoms with Gasteiger partial charge in [0.25, 0.3) is 0 Å². The Morgan fingerprint density at radius 3 is 2.00 bits per heavy atom. The Morgan fingerprint density at radius 1 is 1.31 bits per heavy atom. The number of rotatable bonds is 1. The molecule has 16 heavy (non-hydrogen) atoms. The molecule has 0 spiro atoms. The van der Waals surface area contributed by atoms with E-state index in [1.807, 2.05) is 12.1 Å².